The zero-order chi connectivity index (χ0) is 23.2. The molecule has 1 fully saturated rings. The van der Waals surface area contributed by atoms with Crippen LogP contribution >= 0.6 is 23.8 Å². The number of amides is 2. The lowest BCUT2D eigenvalue weighted by atomic mass is 10.1. The topological polar surface area (TPSA) is 54.3 Å². The van der Waals surface area contributed by atoms with Gasteiger partial charge in [0.15, 0.2) is 5.11 Å². The molecule has 0 bridgehead atoms. The highest BCUT2D eigenvalue weighted by atomic mass is 35.5. The standard InChI is InChI=1S/C23H16ClF2N3O2S/c1-12-8-14(13(2)28(12)16-5-3-4-15(25)10-16)9-18-21(30)27-23(32)29(22(18)31)17-6-7-20(26)19(24)11-17/h3-11H,1-2H3,(H,27,30,32)/b18-9+. The number of carbonyl (C=O) groups is 2. The number of carbonyl (C=O) groups excluding carboxylic acids is 2. The summed E-state index contributed by atoms with van der Waals surface area (Å²) < 4.78 is 29.1. The Hall–Kier alpha value is -3.36. The highest BCUT2D eigenvalue weighted by Crippen LogP contribution is 2.28. The minimum atomic E-state index is -0.669. The van der Waals surface area contributed by atoms with Crippen molar-refractivity contribution in [2.75, 3.05) is 4.90 Å². The fraction of sp³-hybridized carbons (Fsp3) is 0.0870. The molecule has 0 saturated carbocycles. The van der Waals surface area contributed by atoms with Crippen LogP contribution in [0, 0.1) is 25.5 Å². The Morgan fingerprint density at radius 2 is 1.78 bits per heavy atom. The van der Waals surface area contributed by atoms with Gasteiger partial charge in [0.05, 0.1) is 10.7 Å². The third-order valence-electron chi connectivity index (χ3n) is 5.10. The third kappa shape index (κ3) is 3.83. The lowest BCUT2D eigenvalue weighted by molar-refractivity contribution is -0.122. The van der Waals surface area contributed by atoms with Gasteiger partial charge in [0.25, 0.3) is 11.8 Å². The Labute approximate surface area is 192 Å². The first kappa shape index (κ1) is 21.9. The molecule has 2 amide bonds. The molecule has 2 aromatic carbocycles. The van der Waals surface area contributed by atoms with E-state index < -0.39 is 17.6 Å². The van der Waals surface area contributed by atoms with Crippen molar-refractivity contribution in [3.8, 4) is 5.69 Å². The van der Waals surface area contributed by atoms with Gasteiger partial charge in [-0.2, -0.15) is 0 Å². The monoisotopic (exact) mass is 471 g/mol. The molecule has 0 atom stereocenters. The quantitative estimate of drug-likeness (QED) is 0.337. The number of thiocarbonyl (C=S) groups is 1. The Bertz CT molecular complexity index is 1330. The van der Waals surface area contributed by atoms with Gasteiger partial charge < -0.3 is 4.57 Å². The number of anilines is 1. The van der Waals surface area contributed by atoms with Crippen LogP contribution in [0.3, 0.4) is 0 Å². The predicted molar refractivity (Wildman–Crippen MR) is 123 cm³/mol. The van der Waals surface area contributed by atoms with Crippen molar-refractivity contribution in [2.45, 2.75) is 13.8 Å². The van der Waals surface area contributed by atoms with E-state index in [-0.39, 0.29) is 27.2 Å². The summed E-state index contributed by atoms with van der Waals surface area (Å²) in [7, 11) is 0. The van der Waals surface area contributed by atoms with Gasteiger partial charge >= 0.3 is 0 Å². The normalized spacial score (nSPS) is 15.5. The summed E-state index contributed by atoms with van der Waals surface area (Å²) in [5.74, 6) is -2.34. The van der Waals surface area contributed by atoms with Gasteiger partial charge in [0.1, 0.15) is 17.2 Å². The van der Waals surface area contributed by atoms with Gasteiger partial charge in [-0.15, -0.1) is 0 Å². The van der Waals surface area contributed by atoms with E-state index >= 15 is 0 Å². The van der Waals surface area contributed by atoms with Crippen molar-refractivity contribution in [2.24, 2.45) is 0 Å². The van der Waals surface area contributed by atoms with E-state index in [0.717, 1.165) is 16.7 Å². The molecule has 0 unspecified atom stereocenters. The molecule has 162 valence electrons. The molecule has 0 aliphatic carbocycles. The Morgan fingerprint density at radius 3 is 2.47 bits per heavy atom. The van der Waals surface area contributed by atoms with E-state index in [9.17, 15) is 18.4 Å². The fourth-order valence-electron chi connectivity index (χ4n) is 3.62. The molecule has 4 rings (SSSR count). The first-order valence-corrected chi connectivity index (χ1v) is 10.3. The third-order valence-corrected chi connectivity index (χ3v) is 5.67. The molecule has 32 heavy (non-hydrogen) atoms. The molecule has 5 nitrogen and oxygen atoms in total. The minimum absolute atomic E-state index is 0.134. The van der Waals surface area contributed by atoms with E-state index in [1.54, 1.807) is 25.1 Å². The number of halogens is 3. The van der Waals surface area contributed by atoms with Crippen molar-refractivity contribution in [1.82, 2.24) is 9.88 Å². The van der Waals surface area contributed by atoms with Crippen LogP contribution in [0.15, 0.2) is 54.1 Å². The van der Waals surface area contributed by atoms with Crippen LogP contribution in [0.2, 0.25) is 5.02 Å². The van der Waals surface area contributed by atoms with E-state index in [2.05, 4.69) is 5.32 Å². The van der Waals surface area contributed by atoms with Crippen LogP contribution in [-0.4, -0.2) is 21.5 Å². The van der Waals surface area contributed by atoms with Crippen LogP contribution in [-0.2, 0) is 9.59 Å². The SMILES string of the molecule is Cc1cc(/C=C2\C(=O)NC(=S)N(c3ccc(F)c(Cl)c3)C2=O)c(C)n1-c1cccc(F)c1. The number of benzene rings is 2. The lowest BCUT2D eigenvalue weighted by Crippen LogP contribution is -2.54. The van der Waals surface area contributed by atoms with Crippen molar-refractivity contribution in [1.29, 1.82) is 0 Å². The molecule has 0 radical (unpaired) electrons. The summed E-state index contributed by atoms with van der Waals surface area (Å²) >= 11 is 11.0. The average molecular weight is 472 g/mol. The molecule has 3 aromatic rings. The largest absolute Gasteiger partial charge is 0.318 e. The summed E-state index contributed by atoms with van der Waals surface area (Å²) in [6.07, 6.45) is 1.45. The van der Waals surface area contributed by atoms with E-state index in [0.29, 0.717) is 16.9 Å². The Kier molecular flexibility index (Phi) is 5.66. The second-order valence-corrected chi connectivity index (χ2v) is 7.99. The molecule has 1 N–H and O–H groups in total. The molecule has 0 spiro atoms. The van der Waals surface area contributed by atoms with Gasteiger partial charge in [-0.05, 0) is 80.2 Å². The van der Waals surface area contributed by atoms with Crippen LogP contribution in [0.4, 0.5) is 14.5 Å². The summed E-state index contributed by atoms with van der Waals surface area (Å²) in [5.41, 5.74) is 2.80. The molecule has 9 heteroatoms. The van der Waals surface area contributed by atoms with Gasteiger partial charge in [-0.25, -0.2) is 8.78 Å². The number of nitrogens with zero attached hydrogens (tertiary/aromatic N) is 2. The number of hydrogen-bond donors (Lipinski definition) is 1. The average Bonchev–Trinajstić information content (AvgIpc) is 3.00. The number of rotatable bonds is 3. The number of nitrogens with one attached hydrogen (secondary N) is 1. The second kappa shape index (κ2) is 8.29. The second-order valence-electron chi connectivity index (χ2n) is 7.20. The zero-order valence-corrected chi connectivity index (χ0v) is 18.5. The van der Waals surface area contributed by atoms with Crippen LogP contribution in [0.1, 0.15) is 17.0 Å². The summed E-state index contributed by atoms with van der Waals surface area (Å²) in [6.45, 7) is 3.64. The lowest BCUT2D eigenvalue weighted by Gasteiger charge is -2.29. The number of aromatic nitrogens is 1. The summed E-state index contributed by atoms with van der Waals surface area (Å²) in [4.78, 5) is 26.8. The molecular weight excluding hydrogens is 456 g/mol. The molecule has 2 heterocycles. The first-order valence-electron chi connectivity index (χ1n) is 9.49. The summed E-state index contributed by atoms with van der Waals surface area (Å²) in [5, 5.41) is 2.16. The highest BCUT2D eigenvalue weighted by molar-refractivity contribution is 7.80. The van der Waals surface area contributed by atoms with Crippen molar-refractivity contribution in [3.63, 3.8) is 0 Å². The molecular formula is C23H16ClF2N3O2S. The van der Waals surface area contributed by atoms with Gasteiger partial charge in [0.2, 0.25) is 0 Å². The minimum Gasteiger partial charge on any atom is -0.318 e. The Balaban J connectivity index is 1.77. The predicted octanol–water partition coefficient (Wildman–Crippen LogP) is 4.86. The maximum Gasteiger partial charge on any atom is 0.270 e. The van der Waals surface area contributed by atoms with Crippen LogP contribution in [0.25, 0.3) is 11.8 Å². The van der Waals surface area contributed by atoms with Crippen molar-refractivity contribution >= 4 is 52.5 Å². The van der Waals surface area contributed by atoms with E-state index in [1.807, 2.05) is 11.5 Å². The van der Waals surface area contributed by atoms with Crippen LogP contribution in [0.5, 0.6) is 0 Å². The van der Waals surface area contributed by atoms with Crippen LogP contribution < -0.4 is 10.2 Å². The molecule has 1 saturated heterocycles. The smallest absolute Gasteiger partial charge is 0.270 e. The number of hydrogen-bond acceptors (Lipinski definition) is 3. The van der Waals surface area contributed by atoms with Crippen molar-refractivity contribution in [3.05, 3.63) is 87.7 Å². The Morgan fingerprint density at radius 1 is 1.03 bits per heavy atom. The summed E-state index contributed by atoms with van der Waals surface area (Å²) in [6, 6.07) is 11.6. The zero-order valence-electron chi connectivity index (χ0n) is 16.9. The van der Waals surface area contributed by atoms with Gasteiger partial charge in [-0.3, -0.25) is 19.8 Å². The molecule has 1 aliphatic rings. The van der Waals surface area contributed by atoms with Gasteiger partial charge in [-0.1, -0.05) is 17.7 Å². The first-order chi connectivity index (χ1) is 15.2. The van der Waals surface area contributed by atoms with Gasteiger partial charge in [0, 0.05) is 17.1 Å². The maximum atomic E-state index is 13.7. The van der Waals surface area contributed by atoms with E-state index in [1.165, 1.54) is 30.3 Å². The molecule has 1 aromatic heterocycles. The molecule has 1 aliphatic heterocycles. The van der Waals surface area contributed by atoms with Crippen molar-refractivity contribution < 1.29 is 18.4 Å². The van der Waals surface area contributed by atoms with E-state index in [4.69, 9.17) is 23.8 Å². The number of aryl methyl sites for hydroxylation is 1. The highest BCUT2D eigenvalue weighted by Gasteiger charge is 2.35. The maximum absolute atomic E-state index is 13.7. The fourth-order valence-corrected chi connectivity index (χ4v) is 4.07.